The fourth-order valence-electron chi connectivity index (χ4n) is 1.41. The molecule has 1 unspecified atom stereocenters. The summed E-state index contributed by atoms with van der Waals surface area (Å²) in [6.45, 7) is 2.04. The van der Waals surface area contributed by atoms with Gasteiger partial charge in [-0.25, -0.2) is 4.79 Å². The van der Waals surface area contributed by atoms with Gasteiger partial charge in [0.25, 0.3) is 0 Å². The first-order valence-corrected chi connectivity index (χ1v) is 6.85. The average molecular weight is 314 g/mol. The SMILES string of the molecule is CCC(NC(=O)OCc1ccccc1)C(=O)CBr. The summed E-state index contributed by atoms with van der Waals surface area (Å²) in [6.07, 6.45) is -0.0229. The molecule has 1 rings (SSSR count). The van der Waals surface area contributed by atoms with E-state index in [4.69, 9.17) is 4.74 Å². The third kappa shape index (κ3) is 4.87. The van der Waals surface area contributed by atoms with Gasteiger partial charge in [0.15, 0.2) is 5.78 Å². The summed E-state index contributed by atoms with van der Waals surface area (Å²) in [5, 5.41) is 2.77. The number of hydrogen-bond acceptors (Lipinski definition) is 3. The first kappa shape index (κ1) is 14.7. The van der Waals surface area contributed by atoms with E-state index >= 15 is 0 Å². The van der Waals surface area contributed by atoms with Gasteiger partial charge in [-0.1, -0.05) is 53.2 Å². The zero-order valence-corrected chi connectivity index (χ0v) is 11.8. The highest BCUT2D eigenvalue weighted by Gasteiger charge is 2.18. The predicted octanol–water partition coefficient (Wildman–Crippen LogP) is 2.66. The van der Waals surface area contributed by atoms with Gasteiger partial charge < -0.3 is 10.1 Å². The molecule has 0 fully saturated rings. The summed E-state index contributed by atoms with van der Waals surface area (Å²) < 4.78 is 5.04. The molecule has 0 saturated heterocycles. The molecular formula is C13H16BrNO3. The summed E-state index contributed by atoms with van der Waals surface area (Å²) in [7, 11) is 0. The van der Waals surface area contributed by atoms with Gasteiger partial charge in [0.05, 0.1) is 11.4 Å². The van der Waals surface area contributed by atoms with E-state index in [0.29, 0.717) is 6.42 Å². The second-order valence-corrected chi connectivity index (χ2v) is 4.33. The zero-order valence-electron chi connectivity index (χ0n) is 10.2. The predicted molar refractivity (Wildman–Crippen MR) is 72.6 cm³/mol. The van der Waals surface area contributed by atoms with E-state index in [9.17, 15) is 9.59 Å². The van der Waals surface area contributed by atoms with Crippen LogP contribution < -0.4 is 5.32 Å². The maximum atomic E-state index is 11.5. The molecule has 0 aliphatic carbocycles. The number of ketones is 1. The van der Waals surface area contributed by atoms with Gasteiger partial charge in [0.2, 0.25) is 0 Å². The maximum absolute atomic E-state index is 11.5. The smallest absolute Gasteiger partial charge is 0.408 e. The van der Waals surface area contributed by atoms with Gasteiger partial charge in [-0.15, -0.1) is 0 Å². The number of alkyl carbamates (subject to hydrolysis) is 1. The molecule has 0 saturated carbocycles. The molecule has 1 atom stereocenters. The first-order chi connectivity index (χ1) is 8.67. The van der Waals surface area contributed by atoms with Crippen LogP contribution in [0.3, 0.4) is 0 Å². The van der Waals surface area contributed by atoms with Crippen LogP contribution in [0.5, 0.6) is 0 Å². The Kier molecular flexibility index (Phi) is 6.43. The molecule has 4 nitrogen and oxygen atoms in total. The van der Waals surface area contributed by atoms with Gasteiger partial charge in [-0.05, 0) is 12.0 Å². The highest BCUT2D eigenvalue weighted by Crippen LogP contribution is 2.02. The molecule has 0 bridgehead atoms. The van der Waals surface area contributed by atoms with E-state index in [1.807, 2.05) is 37.3 Å². The van der Waals surface area contributed by atoms with Crippen LogP contribution in [0.1, 0.15) is 18.9 Å². The topological polar surface area (TPSA) is 55.4 Å². The standard InChI is InChI=1S/C13H16BrNO3/c1-2-11(12(16)8-14)15-13(17)18-9-10-6-4-3-5-7-10/h3-7,11H,2,8-9H2,1H3,(H,15,17). The fourth-order valence-corrected chi connectivity index (χ4v) is 1.80. The number of amides is 1. The summed E-state index contributed by atoms with van der Waals surface area (Å²) in [5.74, 6) is -0.0610. The summed E-state index contributed by atoms with van der Waals surface area (Å²) >= 11 is 3.08. The number of halogens is 1. The minimum Gasteiger partial charge on any atom is -0.445 e. The Labute approximate surface area is 115 Å². The van der Waals surface area contributed by atoms with Gasteiger partial charge in [-0.2, -0.15) is 0 Å². The molecule has 0 aliphatic rings. The zero-order chi connectivity index (χ0) is 13.4. The normalized spacial score (nSPS) is 11.7. The fraction of sp³-hybridized carbons (Fsp3) is 0.385. The van der Waals surface area contributed by atoms with E-state index in [1.54, 1.807) is 0 Å². The van der Waals surface area contributed by atoms with Gasteiger partial charge in [0.1, 0.15) is 6.61 Å². The molecule has 0 radical (unpaired) electrons. The molecular weight excluding hydrogens is 298 g/mol. The maximum Gasteiger partial charge on any atom is 0.408 e. The van der Waals surface area contributed by atoms with Crippen LogP contribution in [-0.2, 0) is 16.1 Å². The molecule has 0 aromatic heterocycles. The average Bonchev–Trinajstić information content (AvgIpc) is 2.42. The molecule has 98 valence electrons. The number of carbonyl (C=O) groups is 2. The van der Waals surface area contributed by atoms with Crippen molar-refractivity contribution in [1.29, 1.82) is 0 Å². The van der Waals surface area contributed by atoms with E-state index < -0.39 is 12.1 Å². The Bertz CT molecular complexity index is 394. The van der Waals surface area contributed by atoms with E-state index in [2.05, 4.69) is 21.2 Å². The van der Waals surface area contributed by atoms with Crippen molar-refractivity contribution in [1.82, 2.24) is 5.32 Å². The molecule has 18 heavy (non-hydrogen) atoms. The monoisotopic (exact) mass is 313 g/mol. The van der Waals surface area contributed by atoms with Crippen LogP contribution in [0.4, 0.5) is 4.79 Å². The van der Waals surface area contributed by atoms with Crippen molar-refractivity contribution in [3.05, 3.63) is 35.9 Å². The highest BCUT2D eigenvalue weighted by molar-refractivity contribution is 9.09. The molecule has 0 aliphatic heterocycles. The largest absolute Gasteiger partial charge is 0.445 e. The number of benzene rings is 1. The van der Waals surface area contributed by atoms with Crippen molar-refractivity contribution >= 4 is 27.8 Å². The van der Waals surface area contributed by atoms with Gasteiger partial charge in [0, 0.05) is 0 Å². The van der Waals surface area contributed by atoms with Crippen LogP contribution in [0.15, 0.2) is 30.3 Å². The van der Waals surface area contributed by atoms with Crippen molar-refractivity contribution in [2.75, 3.05) is 5.33 Å². The number of rotatable bonds is 6. The number of hydrogen-bond donors (Lipinski definition) is 1. The van der Waals surface area contributed by atoms with Gasteiger partial charge >= 0.3 is 6.09 Å². The van der Waals surface area contributed by atoms with Crippen molar-refractivity contribution in [2.24, 2.45) is 0 Å². The number of nitrogens with one attached hydrogen (secondary N) is 1. The van der Waals surface area contributed by atoms with Crippen LogP contribution >= 0.6 is 15.9 Å². The summed E-state index contributed by atoms with van der Waals surface area (Å²) in [5.41, 5.74) is 0.910. The summed E-state index contributed by atoms with van der Waals surface area (Å²) in [6, 6.07) is 8.89. The number of ether oxygens (including phenoxy) is 1. The van der Waals surface area contributed by atoms with Gasteiger partial charge in [-0.3, -0.25) is 4.79 Å². The first-order valence-electron chi connectivity index (χ1n) is 5.73. The van der Waals surface area contributed by atoms with Crippen LogP contribution in [-0.4, -0.2) is 23.2 Å². The lowest BCUT2D eigenvalue weighted by molar-refractivity contribution is -0.118. The Morgan fingerprint density at radius 3 is 2.56 bits per heavy atom. The quantitative estimate of drug-likeness (QED) is 0.821. The second kappa shape index (κ2) is 7.87. The molecule has 1 amide bonds. The van der Waals surface area contributed by atoms with E-state index in [-0.39, 0.29) is 17.7 Å². The molecule has 0 spiro atoms. The second-order valence-electron chi connectivity index (χ2n) is 3.77. The molecule has 5 heteroatoms. The van der Waals surface area contributed by atoms with Crippen molar-refractivity contribution < 1.29 is 14.3 Å². The highest BCUT2D eigenvalue weighted by atomic mass is 79.9. The minimum atomic E-state index is -0.569. The number of Topliss-reactive ketones (excluding diaryl/α,β-unsaturated/α-hetero) is 1. The Balaban J connectivity index is 2.39. The third-order valence-corrected chi connectivity index (χ3v) is 2.99. The lowest BCUT2D eigenvalue weighted by Crippen LogP contribution is -2.41. The number of carbonyl (C=O) groups excluding carboxylic acids is 2. The third-order valence-electron chi connectivity index (χ3n) is 2.43. The lowest BCUT2D eigenvalue weighted by atomic mass is 10.1. The molecule has 1 aromatic rings. The van der Waals surface area contributed by atoms with Crippen LogP contribution in [0.25, 0.3) is 0 Å². The lowest BCUT2D eigenvalue weighted by Gasteiger charge is -2.14. The Morgan fingerprint density at radius 2 is 2.00 bits per heavy atom. The van der Waals surface area contributed by atoms with E-state index in [1.165, 1.54) is 0 Å². The molecule has 1 aromatic carbocycles. The van der Waals surface area contributed by atoms with Crippen LogP contribution in [0, 0.1) is 0 Å². The number of alkyl halides is 1. The van der Waals surface area contributed by atoms with E-state index in [0.717, 1.165) is 5.56 Å². The Hall–Kier alpha value is -1.36. The van der Waals surface area contributed by atoms with Crippen molar-refractivity contribution in [3.63, 3.8) is 0 Å². The Morgan fingerprint density at radius 1 is 1.33 bits per heavy atom. The van der Waals surface area contributed by atoms with Crippen molar-refractivity contribution in [2.45, 2.75) is 26.0 Å². The minimum absolute atomic E-state index is 0.0610. The van der Waals surface area contributed by atoms with Crippen molar-refractivity contribution in [3.8, 4) is 0 Å². The summed E-state index contributed by atoms with van der Waals surface area (Å²) in [4.78, 5) is 22.9. The van der Waals surface area contributed by atoms with Crippen LogP contribution in [0.2, 0.25) is 0 Å². The molecule has 1 N–H and O–H groups in total. The molecule has 0 heterocycles.